The van der Waals surface area contributed by atoms with Gasteiger partial charge in [0.25, 0.3) is 0 Å². The summed E-state index contributed by atoms with van der Waals surface area (Å²) in [4.78, 5) is 6.80. The smallest absolute Gasteiger partial charge is 0.205 e. The minimum Gasteiger partial charge on any atom is -0.343 e. The highest BCUT2D eigenvalue weighted by Crippen LogP contribution is 2.26. The third-order valence-electron chi connectivity index (χ3n) is 2.33. The maximum absolute atomic E-state index is 5.61. The molecule has 1 rings (SSSR count). The molecule has 5 heteroatoms. The predicted octanol–water partition coefficient (Wildman–Crippen LogP) is 2.01. The first-order valence-electron chi connectivity index (χ1n) is 5.67. The maximum Gasteiger partial charge on any atom is 0.205 e. The summed E-state index contributed by atoms with van der Waals surface area (Å²) in [6.07, 6.45) is 0. The molecule has 0 aromatic carbocycles. The molecule has 1 aromatic rings. The van der Waals surface area contributed by atoms with Crippen LogP contribution in [0.3, 0.4) is 0 Å². The SMILES string of the molecule is CC(C)N(CCN)c1nc(C(C)(C)C)ns1. The van der Waals surface area contributed by atoms with Gasteiger partial charge in [-0.1, -0.05) is 20.8 Å². The van der Waals surface area contributed by atoms with E-state index < -0.39 is 0 Å². The molecule has 0 radical (unpaired) electrons. The average Bonchev–Trinajstić information content (AvgIpc) is 2.61. The van der Waals surface area contributed by atoms with Gasteiger partial charge in [0.1, 0.15) is 5.82 Å². The molecule has 0 amide bonds. The molecular weight excluding hydrogens is 220 g/mol. The zero-order chi connectivity index (χ0) is 12.3. The largest absolute Gasteiger partial charge is 0.343 e. The van der Waals surface area contributed by atoms with Crippen molar-refractivity contribution in [3.8, 4) is 0 Å². The molecule has 16 heavy (non-hydrogen) atoms. The molecule has 0 aliphatic rings. The Morgan fingerprint density at radius 1 is 1.38 bits per heavy atom. The Morgan fingerprint density at radius 3 is 2.38 bits per heavy atom. The van der Waals surface area contributed by atoms with E-state index in [1.54, 1.807) is 0 Å². The number of aromatic nitrogens is 2. The van der Waals surface area contributed by atoms with Crippen LogP contribution in [-0.2, 0) is 5.41 Å². The van der Waals surface area contributed by atoms with Crippen molar-refractivity contribution >= 4 is 16.7 Å². The highest BCUT2D eigenvalue weighted by Gasteiger charge is 2.22. The van der Waals surface area contributed by atoms with E-state index in [9.17, 15) is 0 Å². The standard InChI is InChI=1S/C11H22N4S/c1-8(2)15(7-6-12)10-13-9(14-16-10)11(3,4)5/h8H,6-7,12H2,1-5H3. The fourth-order valence-corrected chi connectivity index (χ4v) is 2.37. The molecule has 0 saturated carbocycles. The number of hydrogen-bond donors (Lipinski definition) is 1. The highest BCUT2D eigenvalue weighted by atomic mass is 32.1. The van der Waals surface area contributed by atoms with Crippen LogP contribution < -0.4 is 10.6 Å². The highest BCUT2D eigenvalue weighted by molar-refractivity contribution is 7.09. The number of hydrogen-bond acceptors (Lipinski definition) is 5. The molecule has 0 fully saturated rings. The summed E-state index contributed by atoms with van der Waals surface area (Å²) in [5.41, 5.74) is 5.63. The lowest BCUT2D eigenvalue weighted by molar-refractivity contribution is 0.553. The van der Waals surface area contributed by atoms with Gasteiger partial charge < -0.3 is 10.6 Å². The summed E-state index contributed by atoms with van der Waals surface area (Å²) < 4.78 is 4.42. The lowest BCUT2D eigenvalue weighted by Gasteiger charge is -2.25. The van der Waals surface area contributed by atoms with Crippen molar-refractivity contribution < 1.29 is 0 Å². The van der Waals surface area contributed by atoms with E-state index in [-0.39, 0.29) is 5.41 Å². The van der Waals surface area contributed by atoms with E-state index in [0.717, 1.165) is 17.5 Å². The van der Waals surface area contributed by atoms with Gasteiger partial charge >= 0.3 is 0 Å². The first-order valence-corrected chi connectivity index (χ1v) is 6.44. The molecular formula is C11H22N4S. The fourth-order valence-electron chi connectivity index (χ4n) is 1.35. The summed E-state index contributed by atoms with van der Waals surface area (Å²) in [5.74, 6) is 0.912. The van der Waals surface area contributed by atoms with Gasteiger partial charge in [0.05, 0.1) is 0 Å². The van der Waals surface area contributed by atoms with Gasteiger partial charge in [-0.3, -0.25) is 0 Å². The summed E-state index contributed by atoms with van der Waals surface area (Å²) in [5, 5.41) is 0.977. The fraction of sp³-hybridized carbons (Fsp3) is 0.818. The van der Waals surface area contributed by atoms with E-state index in [1.165, 1.54) is 11.5 Å². The first-order chi connectivity index (χ1) is 7.36. The molecule has 0 aliphatic heterocycles. The Labute approximate surface area is 102 Å². The molecule has 1 aromatic heterocycles. The lowest BCUT2D eigenvalue weighted by Crippen LogP contribution is -2.35. The second-order valence-corrected chi connectivity index (χ2v) is 5.96. The molecule has 2 N–H and O–H groups in total. The van der Waals surface area contributed by atoms with Crippen molar-refractivity contribution in [3.63, 3.8) is 0 Å². The van der Waals surface area contributed by atoms with Crippen LogP contribution in [-0.4, -0.2) is 28.5 Å². The van der Waals surface area contributed by atoms with E-state index in [0.29, 0.717) is 12.6 Å². The molecule has 0 spiro atoms. The van der Waals surface area contributed by atoms with Crippen LogP contribution in [0.25, 0.3) is 0 Å². The van der Waals surface area contributed by atoms with Crippen LogP contribution in [0.1, 0.15) is 40.4 Å². The molecule has 0 atom stereocenters. The number of anilines is 1. The Hall–Kier alpha value is -0.680. The molecule has 0 saturated heterocycles. The van der Waals surface area contributed by atoms with E-state index in [2.05, 4.69) is 48.9 Å². The summed E-state index contributed by atoms with van der Waals surface area (Å²) >= 11 is 1.46. The topological polar surface area (TPSA) is 55.0 Å². The molecule has 1 heterocycles. The zero-order valence-corrected chi connectivity index (χ0v) is 11.6. The van der Waals surface area contributed by atoms with Crippen LogP contribution in [0.4, 0.5) is 5.13 Å². The Balaban J connectivity index is 2.90. The van der Waals surface area contributed by atoms with Crippen LogP contribution in [0.15, 0.2) is 0 Å². The molecule has 92 valence electrons. The van der Waals surface area contributed by atoms with Gasteiger partial charge in [-0.2, -0.15) is 4.37 Å². The van der Waals surface area contributed by atoms with Crippen molar-refractivity contribution in [1.29, 1.82) is 0 Å². The number of nitrogens with two attached hydrogens (primary N) is 1. The maximum atomic E-state index is 5.61. The number of rotatable bonds is 4. The summed E-state index contributed by atoms with van der Waals surface area (Å²) in [6, 6.07) is 0.407. The second kappa shape index (κ2) is 5.10. The van der Waals surface area contributed by atoms with Crippen molar-refractivity contribution in [2.75, 3.05) is 18.0 Å². The molecule has 0 unspecified atom stereocenters. The van der Waals surface area contributed by atoms with E-state index in [1.807, 2.05) is 0 Å². The van der Waals surface area contributed by atoms with Gasteiger partial charge in [0.15, 0.2) is 0 Å². The predicted molar refractivity (Wildman–Crippen MR) is 70.1 cm³/mol. The Kier molecular flexibility index (Phi) is 4.27. The normalized spacial score (nSPS) is 12.2. The third-order valence-corrected chi connectivity index (χ3v) is 3.08. The van der Waals surface area contributed by atoms with Crippen LogP contribution in [0, 0.1) is 0 Å². The Morgan fingerprint density at radius 2 is 2.00 bits per heavy atom. The summed E-state index contributed by atoms with van der Waals surface area (Å²) in [7, 11) is 0. The van der Waals surface area contributed by atoms with Crippen LogP contribution in [0.5, 0.6) is 0 Å². The third kappa shape index (κ3) is 3.15. The zero-order valence-electron chi connectivity index (χ0n) is 10.8. The van der Waals surface area contributed by atoms with Gasteiger partial charge in [-0.25, -0.2) is 4.98 Å². The van der Waals surface area contributed by atoms with E-state index in [4.69, 9.17) is 5.73 Å². The van der Waals surface area contributed by atoms with Crippen LogP contribution in [0.2, 0.25) is 0 Å². The first kappa shape index (κ1) is 13.4. The van der Waals surface area contributed by atoms with Gasteiger partial charge in [0.2, 0.25) is 5.13 Å². The van der Waals surface area contributed by atoms with Crippen molar-refractivity contribution in [1.82, 2.24) is 9.36 Å². The van der Waals surface area contributed by atoms with Gasteiger partial charge in [-0.15, -0.1) is 0 Å². The van der Waals surface area contributed by atoms with Gasteiger partial charge in [0, 0.05) is 36.1 Å². The van der Waals surface area contributed by atoms with Crippen molar-refractivity contribution in [2.45, 2.75) is 46.1 Å². The van der Waals surface area contributed by atoms with Gasteiger partial charge in [-0.05, 0) is 13.8 Å². The van der Waals surface area contributed by atoms with Crippen molar-refractivity contribution in [2.24, 2.45) is 5.73 Å². The van der Waals surface area contributed by atoms with Crippen molar-refractivity contribution in [3.05, 3.63) is 5.82 Å². The van der Waals surface area contributed by atoms with E-state index >= 15 is 0 Å². The summed E-state index contributed by atoms with van der Waals surface area (Å²) in [6.45, 7) is 12.1. The molecule has 0 aliphatic carbocycles. The molecule has 4 nitrogen and oxygen atoms in total. The Bertz CT molecular complexity index is 327. The monoisotopic (exact) mass is 242 g/mol. The lowest BCUT2D eigenvalue weighted by atomic mass is 9.96. The minimum absolute atomic E-state index is 0.0140. The minimum atomic E-state index is 0.0140. The molecule has 0 bridgehead atoms. The second-order valence-electron chi connectivity index (χ2n) is 5.23. The quantitative estimate of drug-likeness (QED) is 0.877. The number of nitrogens with zero attached hydrogens (tertiary/aromatic N) is 3. The van der Waals surface area contributed by atoms with Crippen LogP contribution >= 0.6 is 11.5 Å². The average molecular weight is 242 g/mol.